The second kappa shape index (κ2) is 7.78. The summed E-state index contributed by atoms with van der Waals surface area (Å²) < 4.78 is 11.6. The Bertz CT molecular complexity index is 1010. The summed E-state index contributed by atoms with van der Waals surface area (Å²) in [6.45, 7) is 5.46. The molecule has 0 aromatic heterocycles. The zero-order chi connectivity index (χ0) is 20.7. The van der Waals surface area contributed by atoms with Crippen molar-refractivity contribution >= 4 is 34.6 Å². The van der Waals surface area contributed by atoms with E-state index in [0.717, 1.165) is 42.7 Å². The molecule has 0 saturated carbocycles. The highest BCUT2D eigenvalue weighted by Gasteiger charge is 2.41. The number of hydrogen-bond acceptors (Lipinski definition) is 5. The van der Waals surface area contributed by atoms with Gasteiger partial charge in [-0.2, -0.15) is 0 Å². The number of ether oxygens (including phenoxy) is 2. The number of anilines is 1. The number of aliphatic imine (C=N–C) groups is 1. The summed E-state index contributed by atoms with van der Waals surface area (Å²) in [5, 5.41) is 0.644. The van der Waals surface area contributed by atoms with Crippen molar-refractivity contribution < 1.29 is 14.3 Å². The fourth-order valence-electron chi connectivity index (χ4n) is 4.31. The van der Waals surface area contributed by atoms with Crippen LogP contribution in [0.1, 0.15) is 24.0 Å². The highest BCUT2D eigenvalue weighted by Crippen LogP contribution is 2.34. The molecule has 7 heteroatoms. The standard InChI is InChI=1S/C23H24ClN3O3/c1-16-6-7-17(14-19(16)24)25-21-18-4-2-3-5-20(18)27(22(21)28)15-26-10-8-23(9-11-26)29-12-13-30-23/h2-7,14H,8-13,15H2,1H3. The molecule has 3 aliphatic heterocycles. The Labute approximate surface area is 181 Å². The van der Waals surface area contributed by atoms with E-state index in [-0.39, 0.29) is 5.91 Å². The SMILES string of the molecule is Cc1ccc(N=C2C(=O)N(CN3CCC4(CC3)OCCO4)c3ccccc32)cc1Cl. The van der Waals surface area contributed by atoms with E-state index in [2.05, 4.69) is 9.89 Å². The molecule has 1 amide bonds. The predicted molar refractivity (Wildman–Crippen MR) is 117 cm³/mol. The minimum atomic E-state index is -0.416. The Morgan fingerprint density at radius 1 is 1.10 bits per heavy atom. The molecule has 2 aromatic rings. The summed E-state index contributed by atoms with van der Waals surface area (Å²) in [5.41, 5.74) is 3.88. The number of benzene rings is 2. The van der Waals surface area contributed by atoms with Crippen molar-refractivity contribution in [1.82, 2.24) is 4.90 Å². The topological polar surface area (TPSA) is 54.4 Å². The normalized spacial score (nSPS) is 22.3. The van der Waals surface area contributed by atoms with Gasteiger partial charge in [0.1, 0.15) is 5.71 Å². The second-order valence-electron chi connectivity index (χ2n) is 8.01. The summed E-state index contributed by atoms with van der Waals surface area (Å²) in [6.07, 6.45) is 1.64. The fourth-order valence-corrected chi connectivity index (χ4v) is 4.49. The first-order valence-electron chi connectivity index (χ1n) is 10.3. The fraction of sp³-hybridized carbons (Fsp3) is 0.391. The summed E-state index contributed by atoms with van der Waals surface area (Å²) in [7, 11) is 0. The molecular formula is C23H24ClN3O3. The van der Waals surface area contributed by atoms with E-state index >= 15 is 0 Å². The average Bonchev–Trinajstić information content (AvgIpc) is 3.31. The average molecular weight is 426 g/mol. The van der Waals surface area contributed by atoms with E-state index in [1.165, 1.54) is 0 Å². The number of piperidine rings is 1. The van der Waals surface area contributed by atoms with Gasteiger partial charge in [-0.15, -0.1) is 0 Å². The number of carbonyl (C=O) groups excluding carboxylic acids is 1. The molecule has 1 spiro atoms. The van der Waals surface area contributed by atoms with Crippen LogP contribution in [0, 0.1) is 6.92 Å². The number of halogens is 1. The van der Waals surface area contributed by atoms with Crippen LogP contribution in [0.4, 0.5) is 11.4 Å². The van der Waals surface area contributed by atoms with Crippen LogP contribution in [-0.2, 0) is 14.3 Å². The van der Waals surface area contributed by atoms with Crippen LogP contribution in [0.25, 0.3) is 0 Å². The number of rotatable bonds is 3. The Kier molecular flexibility index (Phi) is 5.11. The molecule has 0 aliphatic carbocycles. The molecule has 30 heavy (non-hydrogen) atoms. The highest BCUT2D eigenvalue weighted by atomic mass is 35.5. The van der Waals surface area contributed by atoms with Crippen LogP contribution in [-0.4, -0.2) is 55.3 Å². The van der Waals surface area contributed by atoms with E-state index in [1.54, 1.807) is 6.07 Å². The first-order valence-corrected chi connectivity index (χ1v) is 10.7. The number of aryl methyl sites for hydroxylation is 1. The molecular weight excluding hydrogens is 402 g/mol. The molecule has 0 atom stereocenters. The van der Waals surface area contributed by atoms with Crippen molar-refractivity contribution in [2.24, 2.45) is 4.99 Å². The molecule has 156 valence electrons. The van der Waals surface area contributed by atoms with Crippen molar-refractivity contribution in [3.8, 4) is 0 Å². The molecule has 0 N–H and O–H groups in total. The molecule has 0 bridgehead atoms. The van der Waals surface area contributed by atoms with Gasteiger partial charge in [0, 0.05) is 36.5 Å². The number of amides is 1. The third-order valence-corrected chi connectivity index (χ3v) is 6.47. The molecule has 2 saturated heterocycles. The molecule has 2 aromatic carbocycles. The Balaban J connectivity index is 1.38. The molecule has 3 aliphatic rings. The molecule has 0 radical (unpaired) electrons. The van der Waals surface area contributed by atoms with Crippen molar-refractivity contribution in [2.75, 3.05) is 37.9 Å². The van der Waals surface area contributed by atoms with Crippen molar-refractivity contribution in [1.29, 1.82) is 0 Å². The maximum Gasteiger partial charge on any atom is 0.278 e. The maximum absolute atomic E-state index is 13.3. The molecule has 0 unspecified atom stereocenters. The summed E-state index contributed by atoms with van der Waals surface area (Å²) in [6, 6.07) is 13.4. The van der Waals surface area contributed by atoms with Crippen molar-refractivity contribution in [2.45, 2.75) is 25.6 Å². The smallest absolute Gasteiger partial charge is 0.278 e. The van der Waals surface area contributed by atoms with Gasteiger partial charge in [-0.1, -0.05) is 35.9 Å². The van der Waals surface area contributed by atoms with Crippen LogP contribution in [0.15, 0.2) is 47.5 Å². The molecule has 2 fully saturated rings. The lowest BCUT2D eigenvalue weighted by Gasteiger charge is -2.38. The highest BCUT2D eigenvalue weighted by molar-refractivity contribution is 6.54. The molecule has 5 rings (SSSR count). The number of carbonyl (C=O) groups is 1. The predicted octanol–water partition coefficient (Wildman–Crippen LogP) is 3.91. The van der Waals surface area contributed by atoms with Crippen molar-refractivity contribution in [3.63, 3.8) is 0 Å². The number of likely N-dealkylation sites (tertiary alicyclic amines) is 1. The minimum Gasteiger partial charge on any atom is -0.347 e. The molecule has 6 nitrogen and oxygen atoms in total. The quantitative estimate of drug-likeness (QED) is 0.748. The maximum atomic E-state index is 13.3. The van der Waals surface area contributed by atoms with E-state index in [4.69, 9.17) is 21.1 Å². The first-order chi connectivity index (χ1) is 14.5. The zero-order valence-corrected chi connectivity index (χ0v) is 17.7. The summed E-state index contributed by atoms with van der Waals surface area (Å²) in [4.78, 5) is 22.1. The van der Waals surface area contributed by atoms with Gasteiger partial charge in [0.05, 0.1) is 31.3 Å². The van der Waals surface area contributed by atoms with Crippen LogP contribution < -0.4 is 4.90 Å². The third kappa shape index (κ3) is 3.54. The van der Waals surface area contributed by atoms with Gasteiger partial charge in [-0.25, -0.2) is 4.99 Å². The van der Waals surface area contributed by atoms with Crippen LogP contribution in [0.3, 0.4) is 0 Å². The second-order valence-corrected chi connectivity index (χ2v) is 8.42. The first kappa shape index (κ1) is 19.7. The Morgan fingerprint density at radius 2 is 1.83 bits per heavy atom. The lowest BCUT2D eigenvalue weighted by atomic mass is 10.0. The summed E-state index contributed by atoms with van der Waals surface area (Å²) >= 11 is 6.25. The van der Waals surface area contributed by atoms with E-state index in [0.29, 0.717) is 36.3 Å². The Morgan fingerprint density at radius 3 is 2.57 bits per heavy atom. The number of para-hydroxylation sites is 1. The van der Waals surface area contributed by atoms with Gasteiger partial charge in [0.25, 0.3) is 5.91 Å². The van der Waals surface area contributed by atoms with Crippen LogP contribution in [0.5, 0.6) is 0 Å². The summed E-state index contributed by atoms with van der Waals surface area (Å²) in [5.74, 6) is -0.498. The third-order valence-electron chi connectivity index (χ3n) is 6.07. The van der Waals surface area contributed by atoms with Gasteiger partial charge >= 0.3 is 0 Å². The zero-order valence-electron chi connectivity index (χ0n) is 16.9. The lowest BCUT2D eigenvalue weighted by Crippen LogP contribution is -2.49. The van der Waals surface area contributed by atoms with Gasteiger partial charge in [-0.05, 0) is 30.7 Å². The van der Waals surface area contributed by atoms with Gasteiger partial charge in [0.2, 0.25) is 0 Å². The van der Waals surface area contributed by atoms with Gasteiger partial charge < -0.3 is 9.47 Å². The van der Waals surface area contributed by atoms with Crippen molar-refractivity contribution in [3.05, 3.63) is 58.6 Å². The van der Waals surface area contributed by atoms with E-state index in [1.807, 2.05) is 48.2 Å². The Hall–Kier alpha value is -2.25. The van der Waals surface area contributed by atoms with Gasteiger partial charge in [0.15, 0.2) is 5.79 Å². The van der Waals surface area contributed by atoms with Crippen LogP contribution in [0.2, 0.25) is 5.02 Å². The molecule has 3 heterocycles. The number of nitrogens with zero attached hydrogens (tertiary/aromatic N) is 3. The van der Waals surface area contributed by atoms with E-state index < -0.39 is 5.79 Å². The monoisotopic (exact) mass is 425 g/mol. The minimum absolute atomic E-state index is 0.0819. The lowest BCUT2D eigenvalue weighted by molar-refractivity contribution is -0.185. The largest absolute Gasteiger partial charge is 0.347 e. The van der Waals surface area contributed by atoms with E-state index in [9.17, 15) is 4.79 Å². The number of hydrogen-bond donors (Lipinski definition) is 0. The number of fused-ring (bicyclic) bond motifs is 1. The van der Waals surface area contributed by atoms with Gasteiger partial charge in [-0.3, -0.25) is 14.6 Å². The van der Waals surface area contributed by atoms with Crippen LogP contribution >= 0.6 is 11.6 Å².